The number of hydrogen-bond acceptors (Lipinski definition) is 1. The lowest BCUT2D eigenvalue weighted by Gasteiger charge is -2.21. The molecule has 3 aromatic carbocycles. The van der Waals surface area contributed by atoms with Crippen LogP contribution in [0.5, 0.6) is 0 Å². The Morgan fingerprint density at radius 3 is 2.42 bits per heavy atom. The monoisotopic (exact) mass is 448 g/mol. The zero-order chi connectivity index (χ0) is 23.2. The summed E-state index contributed by atoms with van der Waals surface area (Å²) in [5.41, 5.74) is 10.5. The highest BCUT2D eigenvalue weighted by Crippen LogP contribution is 2.47. The number of rotatable bonds is 3. The van der Waals surface area contributed by atoms with E-state index in [1.54, 1.807) is 0 Å². The summed E-state index contributed by atoms with van der Waals surface area (Å²) in [5.74, 6) is 0. The van der Waals surface area contributed by atoms with Crippen molar-refractivity contribution in [3.8, 4) is 11.1 Å². The van der Waals surface area contributed by atoms with Crippen molar-refractivity contribution in [1.82, 2.24) is 0 Å². The molecule has 33 heavy (non-hydrogen) atoms. The van der Waals surface area contributed by atoms with Gasteiger partial charge in [0.1, 0.15) is 0 Å². The van der Waals surface area contributed by atoms with Crippen molar-refractivity contribution in [2.45, 2.75) is 57.1 Å². The van der Waals surface area contributed by atoms with Gasteiger partial charge in [-0.1, -0.05) is 106 Å². The van der Waals surface area contributed by atoms with E-state index >= 15 is 0 Å². The van der Waals surface area contributed by atoms with Crippen molar-refractivity contribution in [3.05, 3.63) is 119 Å². The van der Waals surface area contributed by atoms with Crippen molar-refractivity contribution >= 4 is 17.3 Å². The first-order valence-electron chi connectivity index (χ1n) is 12.0. The first-order chi connectivity index (χ1) is 16.2. The Hall–Kier alpha value is -2.95. The lowest BCUT2D eigenvalue weighted by atomic mass is 9.84. The molecule has 1 aliphatic heterocycles. The fourth-order valence-electron chi connectivity index (χ4n) is 4.62. The lowest BCUT2D eigenvalue weighted by molar-refractivity contribution is 0.992. The average Bonchev–Trinajstić information content (AvgIpc) is 2.98. The molecule has 166 valence electrons. The van der Waals surface area contributed by atoms with Crippen LogP contribution in [0.25, 0.3) is 16.7 Å². The van der Waals surface area contributed by atoms with Gasteiger partial charge in [-0.05, 0) is 65.3 Å². The van der Waals surface area contributed by atoms with E-state index in [1.165, 1.54) is 55.9 Å². The molecule has 0 aromatic heterocycles. The molecule has 0 radical (unpaired) electrons. The van der Waals surface area contributed by atoms with Crippen LogP contribution in [0.4, 0.5) is 0 Å². The summed E-state index contributed by atoms with van der Waals surface area (Å²) in [5, 5.41) is 0.472. The summed E-state index contributed by atoms with van der Waals surface area (Å²) in [6.45, 7) is 8.79. The molecule has 3 aromatic rings. The van der Waals surface area contributed by atoms with Gasteiger partial charge in [-0.2, -0.15) is 0 Å². The Bertz CT molecular complexity index is 1190. The minimum atomic E-state index is 0.472. The molecular formula is C32H32S. The van der Waals surface area contributed by atoms with Crippen LogP contribution in [-0.4, -0.2) is 5.25 Å². The summed E-state index contributed by atoms with van der Waals surface area (Å²) in [6, 6.07) is 28.5. The van der Waals surface area contributed by atoms with Crippen LogP contribution in [-0.2, 0) is 6.42 Å². The van der Waals surface area contributed by atoms with Gasteiger partial charge in [-0.3, -0.25) is 0 Å². The van der Waals surface area contributed by atoms with Gasteiger partial charge < -0.3 is 0 Å². The SMILES string of the molecule is CCC.CCc1c(C2=C(C)C3=CC=CC[C@H]3Sc3ccccc32)c#ccc1-c1ccccc1. The maximum absolute atomic E-state index is 3.53. The highest BCUT2D eigenvalue weighted by molar-refractivity contribution is 8.00. The fraction of sp³-hybridized carbons (Fsp3) is 0.250. The van der Waals surface area contributed by atoms with Crippen LogP contribution in [0.15, 0.2) is 94.9 Å². The van der Waals surface area contributed by atoms with Crippen molar-refractivity contribution in [2.24, 2.45) is 0 Å². The van der Waals surface area contributed by atoms with Crippen LogP contribution in [0.1, 0.15) is 57.2 Å². The van der Waals surface area contributed by atoms with Gasteiger partial charge in [0.2, 0.25) is 0 Å². The average molecular weight is 449 g/mol. The highest BCUT2D eigenvalue weighted by Gasteiger charge is 2.28. The van der Waals surface area contributed by atoms with Gasteiger partial charge in [-0.15, -0.1) is 11.8 Å². The second kappa shape index (κ2) is 10.8. The van der Waals surface area contributed by atoms with E-state index in [4.69, 9.17) is 0 Å². The summed E-state index contributed by atoms with van der Waals surface area (Å²) in [6.07, 6.45) is 10.1. The molecule has 1 atom stereocenters. The van der Waals surface area contributed by atoms with E-state index in [1.807, 2.05) is 11.8 Å². The van der Waals surface area contributed by atoms with Crippen molar-refractivity contribution in [3.63, 3.8) is 0 Å². The lowest BCUT2D eigenvalue weighted by Crippen LogP contribution is -2.09. The van der Waals surface area contributed by atoms with Crippen molar-refractivity contribution in [2.75, 3.05) is 0 Å². The topological polar surface area (TPSA) is 0 Å². The van der Waals surface area contributed by atoms with Crippen LogP contribution < -0.4 is 0 Å². The van der Waals surface area contributed by atoms with Gasteiger partial charge in [0.25, 0.3) is 0 Å². The second-order valence-corrected chi connectivity index (χ2v) is 9.74. The molecule has 2 aliphatic rings. The predicted molar refractivity (Wildman–Crippen MR) is 145 cm³/mol. The van der Waals surface area contributed by atoms with Crippen molar-refractivity contribution in [1.29, 1.82) is 0 Å². The minimum absolute atomic E-state index is 0.472. The molecule has 0 N–H and O–H groups in total. The van der Waals surface area contributed by atoms with Gasteiger partial charge in [0.05, 0.1) is 0 Å². The second-order valence-electron chi connectivity index (χ2n) is 8.50. The van der Waals surface area contributed by atoms with E-state index in [0.29, 0.717) is 5.25 Å². The van der Waals surface area contributed by atoms with Crippen LogP contribution in [0.3, 0.4) is 0 Å². The number of thioether (sulfide) groups is 1. The van der Waals surface area contributed by atoms with E-state index in [9.17, 15) is 0 Å². The molecule has 0 saturated carbocycles. The number of benzene rings is 2. The maximum Gasteiger partial charge on any atom is 0.0382 e. The summed E-state index contributed by atoms with van der Waals surface area (Å²) in [7, 11) is 0. The number of allylic oxidation sites excluding steroid dienone is 4. The normalized spacial score (nSPS) is 16.5. The molecule has 0 fully saturated rings. The van der Waals surface area contributed by atoms with Gasteiger partial charge in [0, 0.05) is 21.3 Å². The Labute approximate surface area is 204 Å². The molecule has 1 aliphatic carbocycles. The molecule has 0 nitrogen and oxygen atoms in total. The zero-order valence-electron chi connectivity index (χ0n) is 20.1. The third-order valence-corrected chi connectivity index (χ3v) is 7.41. The molecule has 0 saturated heterocycles. The first-order valence-corrected chi connectivity index (χ1v) is 12.9. The minimum Gasteiger partial charge on any atom is -0.117 e. The zero-order valence-corrected chi connectivity index (χ0v) is 20.9. The Balaban J connectivity index is 0.000000821. The molecule has 1 heteroatoms. The molecule has 5 rings (SSSR count). The van der Waals surface area contributed by atoms with Gasteiger partial charge >= 0.3 is 0 Å². The first kappa shape index (κ1) is 23.2. The standard InChI is InChI=1S/C29H24S.C3H8/c1-3-22-24(21-12-5-4-6-13-21)16-11-17-25(22)29-20(2)23-14-7-9-18-27(23)30-28-19-10-8-15-26(28)29;1-3-2/h4-10,12-16,19,27H,3,18H2,1-2H3;3H2,1-2H3/t27-;/m1./s1. The maximum atomic E-state index is 3.53. The van der Waals surface area contributed by atoms with Gasteiger partial charge in [0.15, 0.2) is 0 Å². The summed E-state index contributed by atoms with van der Waals surface area (Å²) in [4.78, 5) is 1.36. The smallest absolute Gasteiger partial charge is 0.0382 e. The van der Waals surface area contributed by atoms with Crippen LogP contribution >= 0.6 is 11.8 Å². The highest BCUT2D eigenvalue weighted by atomic mass is 32.2. The fourth-order valence-corrected chi connectivity index (χ4v) is 5.97. The Morgan fingerprint density at radius 1 is 0.939 bits per heavy atom. The third-order valence-electron chi connectivity index (χ3n) is 6.07. The van der Waals surface area contributed by atoms with Gasteiger partial charge in [-0.25, -0.2) is 0 Å². The predicted octanol–water partition coefficient (Wildman–Crippen LogP) is 9.12. The quantitative estimate of drug-likeness (QED) is 0.385. The van der Waals surface area contributed by atoms with E-state index in [-0.39, 0.29) is 0 Å². The van der Waals surface area contributed by atoms with Crippen LogP contribution in [0, 0.1) is 12.1 Å². The van der Waals surface area contributed by atoms with E-state index < -0.39 is 0 Å². The summed E-state index contributed by atoms with van der Waals surface area (Å²) >= 11 is 1.99. The Kier molecular flexibility index (Phi) is 7.58. The van der Waals surface area contributed by atoms with Crippen molar-refractivity contribution < 1.29 is 0 Å². The molecule has 1 heterocycles. The van der Waals surface area contributed by atoms with E-state index in [2.05, 4.69) is 119 Å². The molecule has 0 bridgehead atoms. The largest absolute Gasteiger partial charge is 0.117 e. The molecule has 0 amide bonds. The summed E-state index contributed by atoms with van der Waals surface area (Å²) < 4.78 is 0. The third kappa shape index (κ3) is 4.73. The van der Waals surface area contributed by atoms with Crippen LogP contribution in [0.2, 0.25) is 0 Å². The number of fused-ring (bicyclic) bond motifs is 2. The Morgan fingerprint density at radius 2 is 1.67 bits per heavy atom. The number of hydrogen-bond donors (Lipinski definition) is 0. The molecule has 0 unspecified atom stereocenters. The molecule has 0 spiro atoms. The molecular weight excluding hydrogens is 416 g/mol. The van der Waals surface area contributed by atoms with E-state index in [0.717, 1.165) is 12.8 Å².